The third kappa shape index (κ3) is 10.3. The Morgan fingerprint density at radius 1 is 1.29 bits per heavy atom. The second-order valence-electron chi connectivity index (χ2n) is 3.76. The first-order valence-corrected chi connectivity index (χ1v) is 6.19. The molecule has 0 bridgehead atoms. The van der Waals surface area contributed by atoms with Crippen LogP contribution in [0.2, 0.25) is 0 Å². The van der Waals surface area contributed by atoms with Crippen molar-refractivity contribution in [1.82, 2.24) is 5.32 Å². The highest BCUT2D eigenvalue weighted by molar-refractivity contribution is 6.18. The fourth-order valence-electron chi connectivity index (χ4n) is 1.17. The van der Waals surface area contributed by atoms with Gasteiger partial charge in [-0.05, 0) is 31.7 Å². The molecule has 0 amide bonds. The van der Waals surface area contributed by atoms with Gasteiger partial charge in [-0.3, -0.25) is 0 Å². The number of ether oxygens (including phenoxy) is 1. The fourth-order valence-corrected chi connectivity index (χ4v) is 1.32. The van der Waals surface area contributed by atoms with Gasteiger partial charge in [-0.25, -0.2) is 0 Å². The zero-order chi connectivity index (χ0) is 10.6. The van der Waals surface area contributed by atoms with Gasteiger partial charge in [-0.1, -0.05) is 13.8 Å². The first-order chi connectivity index (χ1) is 6.81. The van der Waals surface area contributed by atoms with Gasteiger partial charge < -0.3 is 10.1 Å². The number of halogens is 1. The summed E-state index contributed by atoms with van der Waals surface area (Å²) < 4.78 is 5.35. The lowest BCUT2D eigenvalue weighted by molar-refractivity contribution is 0.136. The topological polar surface area (TPSA) is 21.3 Å². The van der Waals surface area contributed by atoms with Crippen molar-refractivity contribution in [3.8, 4) is 0 Å². The Morgan fingerprint density at radius 2 is 2.07 bits per heavy atom. The molecule has 2 nitrogen and oxygen atoms in total. The molecule has 86 valence electrons. The van der Waals surface area contributed by atoms with Gasteiger partial charge in [-0.15, -0.1) is 11.6 Å². The van der Waals surface area contributed by atoms with Gasteiger partial charge >= 0.3 is 0 Å². The second kappa shape index (κ2) is 11.3. The van der Waals surface area contributed by atoms with E-state index in [0.29, 0.717) is 5.92 Å². The lowest BCUT2D eigenvalue weighted by Crippen LogP contribution is -2.21. The van der Waals surface area contributed by atoms with Gasteiger partial charge in [0.15, 0.2) is 0 Å². The van der Waals surface area contributed by atoms with Crippen LogP contribution in [0.5, 0.6) is 0 Å². The molecule has 0 radical (unpaired) electrons. The summed E-state index contributed by atoms with van der Waals surface area (Å²) in [5.41, 5.74) is 0. The molecule has 3 heteroatoms. The van der Waals surface area contributed by atoms with Gasteiger partial charge in [0, 0.05) is 19.0 Å². The molecule has 0 aliphatic carbocycles. The second-order valence-corrected chi connectivity index (χ2v) is 4.07. The van der Waals surface area contributed by atoms with Gasteiger partial charge in [0.05, 0.1) is 6.61 Å². The van der Waals surface area contributed by atoms with Gasteiger partial charge in [0.25, 0.3) is 0 Å². The third-order valence-corrected chi connectivity index (χ3v) is 2.61. The largest absolute Gasteiger partial charge is 0.380 e. The number of nitrogens with one attached hydrogen (secondary N) is 1. The van der Waals surface area contributed by atoms with Crippen LogP contribution in [-0.2, 0) is 4.74 Å². The molecule has 0 aromatic carbocycles. The van der Waals surface area contributed by atoms with Crippen molar-refractivity contribution in [3.05, 3.63) is 0 Å². The van der Waals surface area contributed by atoms with Crippen LogP contribution in [-0.4, -0.2) is 32.2 Å². The van der Waals surface area contributed by atoms with E-state index in [2.05, 4.69) is 19.2 Å². The number of hydrogen-bond donors (Lipinski definition) is 1. The molecule has 0 fully saturated rings. The zero-order valence-electron chi connectivity index (χ0n) is 9.52. The summed E-state index contributed by atoms with van der Waals surface area (Å²) in [7, 11) is 0. The van der Waals surface area contributed by atoms with E-state index >= 15 is 0 Å². The lowest BCUT2D eigenvalue weighted by Gasteiger charge is -2.08. The van der Waals surface area contributed by atoms with Gasteiger partial charge in [0.2, 0.25) is 0 Å². The summed E-state index contributed by atoms with van der Waals surface area (Å²) in [5, 5.41) is 3.36. The smallest absolute Gasteiger partial charge is 0.0590 e. The summed E-state index contributed by atoms with van der Waals surface area (Å²) in [4.78, 5) is 0. The molecule has 0 heterocycles. The quantitative estimate of drug-likeness (QED) is 0.453. The van der Waals surface area contributed by atoms with Crippen LogP contribution in [0.15, 0.2) is 0 Å². The van der Waals surface area contributed by atoms with E-state index < -0.39 is 0 Å². The minimum Gasteiger partial charge on any atom is -0.380 e. The molecule has 1 N–H and O–H groups in total. The van der Waals surface area contributed by atoms with E-state index in [1.807, 2.05) is 0 Å². The lowest BCUT2D eigenvalue weighted by atomic mass is 10.1. The molecule has 1 atom stereocenters. The highest BCUT2D eigenvalue weighted by Gasteiger charge is 1.98. The highest BCUT2D eigenvalue weighted by atomic mass is 35.5. The van der Waals surface area contributed by atoms with Crippen molar-refractivity contribution >= 4 is 11.6 Å². The Morgan fingerprint density at radius 3 is 2.71 bits per heavy atom. The summed E-state index contributed by atoms with van der Waals surface area (Å²) in [6.07, 6.45) is 3.53. The molecule has 0 aliphatic heterocycles. The molecule has 1 unspecified atom stereocenters. The van der Waals surface area contributed by atoms with Crippen LogP contribution in [0.1, 0.15) is 33.1 Å². The van der Waals surface area contributed by atoms with Crippen molar-refractivity contribution in [2.45, 2.75) is 33.1 Å². The normalized spacial score (nSPS) is 13.1. The first-order valence-electron chi connectivity index (χ1n) is 5.65. The molecule has 0 saturated carbocycles. The highest BCUT2D eigenvalue weighted by Crippen LogP contribution is 2.05. The predicted molar refractivity (Wildman–Crippen MR) is 63.1 cm³/mol. The number of rotatable bonds is 10. The minimum atomic E-state index is 0.648. The Balaban J connectivity index is 2.92. The van der Waals surface area contributed by atoms with Crippen molar-refractivity contribution in [2.75, 3.05) is 32.2 Å². The van der Waals surface area contributed by atoms with Crippen molar-refractivity contribution in [2.24, 2.45) is 5.92 Å². The van der Waals surface area contributed by atoms with E-state index in [-0.39, 0.29) is 0 Å². The molecule has 0 aliphatic rings. The molecular weight excluding hydrogens is 198 g/mol. The molecule has 14 heavy (non-hydrogen) atoms. The maximum atomic E-state index is 5.71. The summed E-state index contributed by atoms with van der Waals surface area (Å²) in [6.45, 7) is 8.08. The maximum absolute atomic E-state index is 5.71. The van der Waals surface area contributed by atoms with Crippen molar-refractivity contribution in [1.29, 1.82) is 0 Å². The van der Waals surface area contributed by atoms with E-state index in [1.165, 1.54) is 12.8 Å². The fraction of sp³-hybridized carbons (Fsp3) is 1.00. The average molecular weight is 222 g/mol. The van der Waals surface area contributed by atoms with Crippen LogP contribution >= 0.6 is 11.6 Å². The maximum Gasteiger partial charge on any atom is 0.0590 e. The van der Waals surface area contributed by atoms with Crippen LogP contribution in [0.4, 0.5) is 0 Å². The van der Waals surface area contributed by atoms with Crippen LogP contribution in [0.3, 0.4) is 0 Å². The number of alkyl halides is 1. The van der Waals surface area contributed by atoms with Crippen molar-refractivity contribution in [3.63, 3.8) is 0 Å². The van der Waals surface area contributed by atoms with Crippen LogP contribution < -0.4 is 5.32 Å². The zero-order valence-corrected chi connectivity index (χ0v) is 10.3. The Bertz CT molecular complexity index is 111. The van der Waals surface area contributed by atoms with Crippen molar-refractivity contribution < 1.29 is 4.74 Å². The van der Waals surface area contributed by atoms with E-state index in [9.17, 15) is 0 Å². The van der Waals surface area contributed by atoms with Crippen LogP contribution in [0.25, 0.3) is 0 Å². The monoisotopic (exact) mass is 221 g/mol. The standard InChI is InChI=1S/C11H24ClNO/c1-3-8-14-9-7-13-6-4-5-11(2)10-12/h11,13H,3-10H2,1-2H3. The molecule has 0 rings (SSSR count). The van der Waals surface area contributed by atoms with E-state index in [1.54, 1.807) is 0 Å². The third-order valence-electron chi connectivity index (χ3n) is 2.09. The Labute approximate surface area is 93.4 Å². The van der Waals surface area contributed by atoms with Gasteiger partial charge in [0.1, 0.15) is 0 Å². The summed E-state index contributed by atoms with van der Waals surface area (Å²) in [6, 6.07) is 0. The number of hydrogen-bond acceptors (Lipinski definition) is 2. The molecule has 0 aromatic heterocycles. The Kier molecular flexibility index (Phi) is 11.5. The molecule has 0 saturated heterocycles. The van der Waals surface area contributed by atoms with Gasteiger partial charge in [-0.2, -0.15) is 0 Å². The summed E-state index contributed by atoms with van der Waals surface area (Å²) in [5.74, 6) is 1.43. The van der Waals surface area contributed by atoms with E-state index in [0.717, 1.165) is 38.6 Å². The molecule has 0 aromatic rings. The predicted octanol–water partition coefficient (Wildman–Crippen LogP) is 2.66. The molecular formula is C11H24ClNO. The SMILES string of the molecule is CCCOCCNCCCC(C)CCl. The molecule has 0 spiro atoms. The average Bonchev–Trinajstić information content (AvgIpc) is 2.21. The summed E-state index contributed by atoms with van der Waals surface area (Å²) >= 11 is 5.71. The first kappa shape index (κ1) is 14.2. The Hall–Kier alpha value is 0.210. The van der Waals surface area contributed by atoms with Crippen LogP contribution in [0, 0.1) is 5.92 Å². The van der Waals surface area contributed by atoms with E-state index in [4.69, 9.17) is 16.3 Å². The minimum absolute atomic E-state index is 0.648.